The zero-order valence-electron chi connectivity index (χ0n) is 28.8. The SMILES string of the molecule is COc1ccc([C@@H](Cc2c(Cl)c[n+](O)cc2Cl)c2cc(CN(C(=O)O[C@H]3CN4CCC3CC4)c3ccccn3)ccc2C(=O)[O-])cc1OCC1CC1. The number of pyridine rings is 2. The molecule has 2 bridgehead atoms. The molecule has 52 heavy (non-hydrogen) atoms. The predicted octanol–water partition coefficient (Wildman–Crippen LogP) is 5.69. The van der Waals surface area contributed by atoms with Gasteiger partial charge in [0.15, 0.2) is 11.5 Å². The lowest BCUT2D eigenvalue weighted by molar-refractivity contribution is -0.904. The second-order valence-electron chi connectivity index (χ2n) is 13.8. The van der Waals surface area contributed by atoms with Crippen molar-refractivity contribution in [1.29, 1.82) is 0 Å². The van der Waals surface area contributed by atoms with Crippen LogP contribution in [0.15, 0.2) is 73.2 Å². The number of rotatable bonds is 13. The topological polar surface area (TPSA) is 128 Å². The lowest BCUT2D eigenvalue weighted by Crippen LogP contribution is -2.53. The molecule has 5 heterocycles. The van der Waals surface area contributed by atoms with Crippen molar-refractivity contribution in [2.24, 2.45) is 11.8 Å². The van der Waals surface area contributed by atoms with Gasteiger partial charge in [-0.2, -0.15) is 0 Å². The molecule has 272 valence electrons. The molecule has 11 nitrogen and oxygen atoms in total. The van der Waals surface area contributed by atoms with Crippen molar-refractivity contribution in [1.82, 2.24) is 9.88 Å². The van der Waals surface area contributed by atoms with E-state index in [-0.39, 0.29) is 34.7 Å². The third-order valence-corrected chi connectivity index (χ3v) is 10.9. The fraction of sp³-hybridized carbons (Fsp3) is 0.385. The van der Waals surface area contributed by atoms with Crippen LogP contribution in [0.2, 0.25) is 10.0 Å². The van der Waals surface area contributed by atoms with Gasteiger partial charge in [0.1, 0.15) is 22.0 Å². The van der Waals surface area contributed by atoms with E-state index in [4.69, 9.17) is 37.4 Å². The van der Waals surface area contributed by atoms with Crippen LogP contribution >= 0.6 is 23.2 Å². The molecule has 0 unspecified atom stereocenters. The largest absolute Gasteiger partial charge is 0.545 e. The molecule has 2 atom stereocenters. The van der Waals surface area contributed by atoms with Gasteiger partial charge in [-0.1, -0.05) is 53.5 Å². The third kappa shape index (κ3) is 8.06. The Morgan fingerprint density at radius 3 is 2.44 bits per heavy atom. The van der Waals surface area contributed by atoms with E-state index in [1.807, 2.05) is 12.1 Å². The van der Waals surface area contributed by atoms with Crippen LogP contribution in [-0.4, -0.2) is 66.6 Å². The molecule has 1 N–H and O–H groups in total. The molecule has 4 aromatic rings. The van der Waals surface area contributed by atoms with Crippen LogP contribution in [0.5, 0.6) is 11.5 Å². The van der Waals surface area contributed by atoms with Crippen LogP contribution in [0.3, 0.4) is 0 Å². The first kappa shape index (κ1) is 35.8. The van der Waals surface area contributed by atoms with Crippen molar-refractivity contribution >= 4 is 41.1 Å². The Morgan fingerprint density at radius 2 is 1.81 bits per heavy atom. The standard InChI is InChI=1S/C39H40Cl2N4O7/c1-50-34-10-8-27(17-35(34)51-23-24-5-6-24)29(18-31-32(40)20-44(49)21-33(31)41)30-16-25(7-9-28(30)38(46)47)19-45(37-4-2-3-13-42-37)39(48)52-36-22-43-14-11-26(36)12-15-43/h2-4,7-10,13,16-17,20-21,24,26,29,36H,5-6,11-12,14-15,18-19,22-23H2,1H3,(H-,46,47,49)/t29-,36+/m1/s1. The van der Waals surface area contributed by atoms with Gasteiger partial charge in [-0.15, -0.1) is 0 Å². The molecule has 2 aromatic heterocycles. The van der Waals surface area contributed by atoms with Gasteiger partial charge >= 0.3 is 6.09 Å². The summed E-state index contributed by atoms with van der Waals surface area (Å²) in [4.78, 5) is 34.9. The molecule has 3 aliphatic heterocycles. The van der Waals surface area contributed by atoms with Crippen molar-refractivity contribution in [2.75, 3.05) is 38.3 Å². The number of methoxy groups -OCH3 is 1. The van der Waals surface area contributed by atoms with Crippen molar-refractivity contribution in [3.63, 3.8) is 0 Å². The Morgan fingerprint density at radius 1 is 1.04 bits per heavy atom. The molecule has 3 saturated heterocycles. The number of hydrogen-bond acceptors (Lipinski definition) is 9. The number of amides is 1. The van der Waals surface area contributed by atoms with Crippen LogP contribution in [0, 0.1) is 11.8 Å². The van der Waals surface area contributed by atoms with E-state index in [2.05, 4.69) is 9.88 Å². The number of benzene rings is 2. The Hall–Kier alpha value is -4.58. The molecule has 4 aliphatic rings. The van der Waals surface area contributed by atoms with Gasteiger partial charge in [0.05, 0.1) is 26.2 Å². The maximum Gasteiger partial charge on any atom is 0.416 e. The fourth-order valence-corrected chi connectivity index (χ4v) is 7.82. The van der Waals surface area contributed by atoms with Crippen molar-refractivity contribution in [3.8, 4) is 11.5 Å². The molecule has 8 rings (SSSR count). The number of anilines is 1. The average Bonchev–Trinajstić information content (AvgIpc) is 3.98. The minimum Gasteiger partial charge on any atom is -0.545 e. The van der Waals surface area contributed by atoms with E-state index in [0.717, 1.165) is 43.5 Å². The fourth-order valence-electron chi connectivity index (χ4n) is 7.22. The highest BCUT2D eigenvalue weighted by atomic mass is 35.5. The number of hydrogen-bond donors (Lipinski definition) is 1. The highest BCUT2D eigenvalue weighted by Gasteiger charge is 2.38. The van der Waals surface area contributed by atoms with Crippen molar-refractivity contribution in [2.45, 2.75) is 50.7 Å². The second kappa shape index (κ2) is 15.6. The van der Waals surface area contributed by atoms with Crippen LogP contribution in [0.4, 0.5) is 10.6 Å². The normalized spacial score (nSPS) is 19.9. The number of aromatic carboxylic acids is 1. The second-order valence-corrected chi connectivity index (χ2v) is 14.6. The summed E-state index contributed by atoms with van der Waals surface area (Å²) in [7, 11) is 1.57. The third-order valence-electron chi connectivity index (χ3n) is 10.3. The van der Waals surface area contributed by atoms with E-state index in [0.29, 0.717) is 64.6 Å². The average molecular weight is 748 g/mol. The van der Waals surface area contributed by atoms with Crippen LogP contribution in [0.1, 0.15) is 64.2 Å². The van der Waals surface area contributed by atoms with E-state index in [1.54, 1.807) is 49.7 Å². The lowest BCUT2D eigenvalue weighted by atomic mass is 9.82. The zero-order chi connectivity index (χ0) is 36.4. The number of fused-ring (bicyclic) bond motifs is 3. The number of halogens is 2. The van der Waals surface area contributed by atoms with E-state index >= 15 is 0 Å². The number of aromatic nitrogens is 2. The number of carboxylic acids is 1. The summed E-state index contributed by atoms with van der Waals surface area (Å²) in [6.07, 6.45) is 7.85. The number of carboxylic acid groups (broad SMARTS) is 1. The highest BCUT2D eigenvalue weighted by Crippen LogP contribution is 2.40. The first-order valence-electron chi connectivity index (χ1n) is 17.5. The first-order valence-corrected chi connectivity index (χ1v) is 18.3. The number of carbonyl (C=O) groups excluding carboxylic acids is 2. The molecule has 2 aromatic carbocycles. The zero-order valence-corrected chi connectivity index (χ0v) is 30.3. The van der Waals surface area contributed by atoms with Gasteiger partial charge in [0.2, 0.25) is 12.4 Å². The van der Waals surface area contributed by atoms with Gasteiger partial charge in [-0.3, -0.25) is 15.0 Å². The number of ether oxygens (including phenoxy) is 3. The molecule has 0 spiro atoms. The van der Waals surface area contributed by atoms with Crippen LogP contribution < -0.4 is 24.2 Å². The summed E-state index contributed by atoms with van der Waals surface area (Å²) in [5.41, 5.74) is 2.22. The van der Waals surface area contributed by atoms with Crippen molar-refractivity contribution < 1.29 is 38.8 Å². The van der Waals surface area contributed by atoms with Gasteiger partial charge in [-0.05, 0) is 98.0 Å². The van der Waals surface area contributed by atoms with E-state index in [1.165, 1.54) is 23.4 Å². The summed E-state index contributed by atoms with van der Waals surface area (Å²) >= 11 is 13.3. The first-order chi connectivity index (χ1) is 25.2. The summed E-state index contributed by atoms with van der Waals surface area (Å²) in [6.45, 7) is 3.32. The highest BCUT2D eigenvalue weighted by molar-refractivity contribution is 6.35. The molecule has 13 heteroatoms. The number of nitrogens with zero attached hydrogens (tertiary/aromatic N) is 4. The Bertz CT molecular complexity index is 1910. The van der Waals surface area contributed by atoms with Crippen LogP contribution in [-0.2, 0) is 17.7 Å². The van der Waals surface area contributed by atoms with Gasteiger partial charge in [-0.25, -0.2) is 9.78 Å². The molecular weight excluding hydrogens is 707 g/mol. The molecule has 1 saturated carbocycles. The minimum absolute atomic E-state index is 0.0374. The molecule has 4 fully saturated rings. The number of piperidine rings is 3. The van der Waals surface area contributed by atoms with Gasteiger partial charge < -0.3 is 24.1 Å². The molecular formula is C39H40Cl2N4O7. The maximum atomic E-state index is 13.9. The maximum absolute atomic E-state index is 13.9. The Balaban J connectivity index is 1.28. The Labute approximate surface area is 312 Å². The predicted molar refractivity (Wildman–Crippen MR) is 191 cm³/mol. The Kier molecular flexibility index (Phi) is 10.7. The lowest BCUT2D eigenvalue weighted by Gasteiger charge is -2.44. The molecule has 1 amide bonds. The van der Waals surface area contributed by atoms with Gasteiger partial charge in [0, 0.05) is 34.5 Å². The van der Waals surface area contributed by atoms with Crippen LogP contribution in [0.25, 0.3) is 0 Å². The van der Waals surface area contributed by atoms with Gasteiger partial charge in [0.25, 0.3) is 0 Å². The number of carbonyl (C=O) groups is 2. The minimum atomic E-state index is -1.37. The summed E-state index contributed by atoms with van der Waals surface area (Å²) < 4.78 is 18.7. The molecule has 0 radical (unpaired) electrons. The summed E-state index contributed by atoms with van der Waals surface area (Å²) in [5, 5.41) is 23.2. The molecule has 1 aliphatic carbocycles. The monoisotopic (exact) mass is 746 g/mol. The van der Waals surface area contributed by atoms with E-state index in [9.17, 15) is 19.9 Å². The summed E-state index contributed by atoms with van der Waals surface area (Å²) in [6, 6.07) is 15.7. The van der Waals surface area contributed by atoms with E-state index < -0.39 is 18.0 Å². The quantitative estimate of drug-likeness (QED) is 0.136. The van der Waals surface area contributed by atoms with Crippen molar-refractivity contribution in [3.05, 3.63) is 111 Å². The smallest absolute Gasteiger partial charge is 0.416 e. The summed E-state index contributed by atoms with van der Waals surface area (Å²) in [5.74, 6) is 0.260.